The molecular formula is C18H14N4O2S. The molecule has 1 N–H and O–H groups in total. The Balaban J connectivity index is 1.55. The molecule has 0 spiro atoms. The highest BCUT2D eigenvalue weighted by Gasteiger charge is 2.40. The summed E-state index contributed by atoms with van der Waals surface area (Å²) in [6.07, 6.45) is 1.54. The summed E-state index contributed by atoms with van der Waals surface area (Å²) in [5.74, 6) is -0.423. The maximum atomic E-state index is 12.6. The number of H-pyrrole nitrogens is 1. The Hall–Kier alpha value is -2.93. The van der Waals surface area contributed by atoms with E-state index in [4.69, 9.17) is 0 Å². The minimum Gasteiger partial charge on any atom is -0.274 e. The van der Waals surface area contributed by atoms with Gasteiger partial charge in [-0.15, -0.1) is 0 Å². The first-order chi connectivity index (χ1) is 12.2. The van der Waals surface area contributed by atoms with E-state index >= 15 is 0 Å². The number of thioether (sulfide) groups is 1. The van der Waals surface area contributed by atoms with Crippen molar-refractivity contribution in [3.05, 3.63) is 60.9 Å². The monoisotopic (exact) mass is 350 g/mol. The van der Waals surface area contributed by atoms with E-state index in [9.17, 15) is 9.59 Å². The summed E-state index contributed by atoms with van der Waals surface area (Å²) in [7, 11) is 0. The van der Waals surface area contributed by atoms with E-state index in [2.05, 4.69) is 15.2 Å². The molecule has 1 atom stereocenters. The second-order valence-corrected chi connectivity index (χ2v) is 6.77. The van der Waals surface area contributed by atoms with Crippen LogP contribution in [0.4, 0.5) is 5.69 Å². The predicted octanol–water partition coefficient (Wildman–Crippen LogP) is 2.90. The van der Waals surface area contributed by atoms with Crippen LogP contribution in [0.2, 0.25) is 0 Å². The van der Waals surface area contributed by atoms with E-state index in [-0.39, 0.29) is 18.2 Å². The first-order valence-corrected chi connectivity index (χ1v) is 8.64. The van der Waals surface area contributed by atoms with Gasteiger partial charge in [-0.3, -0.25) is 14.7 Å². The summed E-state index contributed by atoms with van der Waals surface area (Å²) in [5, 5.41) is 6.51. The van der Waals surface area contributed by atoms with Crippen molar-refractivity contribution in [3.8, 4) is 11.1 Å². The molecule has 0 aliphatic carbocycles. The van der Waals surface area contributed by atoms with Crippen molar-refractivity contribution in [2.45, 2.75) is 16.8 Å². The predicted molar refractivity (Wildman–Crippen MR) is 95.0 cm³/mol. The molecule has 1 saturated heterocycles. The number of benzene rings is 2. The van der Waals surface area contributed by atoms with Crippen molar-refractivity contribution in [2.24, 2.45) is 0 Å². The van der Waals surface area contributed by atoms with Crippen LogP contribution >= 0.6 is 11.8 Å². The van der Waals surface area contributed by atoms with Gasteiger partial charge < -0.3 is 0 Å². The van der Waals surface area contributed by atoms with Gasteiger partial charge in [0.05, 0.1) is 5.69 Å². The molecule has 0 saturated carbocycles. The zero-order valence-electron chi connectivity index (χ0n) is 13.1. The zero-order valence-corrected chi connectivity index (χ0v) is 13.9. The highest BCUT2D eigenvalue weighted by atomic mass is 32.2. The first-order valence-electron chi connectivity index (χ1n) is 7.77. The van der Waals surface area contributed by atoms with Crippen LogP contribution in [0, 0.1) is 0 Å². The van der Waals surface area contributed by atoms with Crippen LogP contribution in [0.25, 0.3) is 11.1 Å². The minimum atomic E-state index is -0.478. The van der Waals surface area contributed by atoms with E-state index < -0.39 is 5.25 Å². The van der Waals surface area contributed by atoms with Gasteiger partial charge in [-0.1, -0.05) is 54.2 Å². The standard InChI is InChI=1S/C18H14N4O2S/c23-16-10-15(25-18-19-11-20-21-18)17(24)22(16)14-8-6-13(7-9-14)12-4-2-1-3-5-12/h1-9,11,15H,10H2,(H,19,20,21)/t15-/m1/s1. The fraction of sp³-hybridized carbons (Fsp3) is 0.111. The van der Waals surface area contributed by atoms with Crippen molar-refractivity contribution in [2.75, 3.05) is 4.90 Å². The molecule has 3 aromatic rings. The highest BCUT2D eigenvalue weighted by Crippen LogP contribution is 2.33. The van der Waals surface area contributed by atoms with Crippen LogP contribution in [0.5, 0.6) is 0 Å². The number of rotatable bonds is 4. The molecule has 0 radical (unpaired) electrons. The van der Waals surface area contributed by atoms with Crippen LogP contribution in [-0.4, -0.2) is 32.2 Å². The summed E-state index contributed by atoms with van der Waals surface area (Å²) in [6, 6.07) is 17.4. The Morgan fingerprint density at radius 2 is 1.72 bits per heavy atom. The van der Waals surface area contributed by atoms with Gasteiger partial charge in [-0.25, -0.2) is 9.88 Å². The molecule has 0 bridgehead atoms. The number of amides is 2. The quantitative estimate of drug-likeness (QED) is 0.732. The average molecular weight is 350 g/mol. The molecule has 2 amide bonds. The fourth-order valence-corrected chi connectivity index (χ4v) is 3.70. The van der Waals surface area contributed by atoms with E-state index in [1.807, 2.05) is 42.5 Å². The fourth-order valence-electron chi connectivity index (χ4n) is 2.79. The Morgan fingerprint density at radius 1 is 1.00 bits per heavy atom. The number of imide groups is 1. The van der Waals surface area contributed by atoms with E-state index in [1.54, 1.807) is 12.1 Å². The van der Waals surface area contributed by atoms with E-state index in [0.29, 0.717) is 10.8 Å². The number of anilines is 1. The van der Waals surface area contributed by atoms with Crippen molar-refractivity contribution >= 4 is 29.3 Å². The van der Waals surface area contributed by atoms with Crippen LogP contribution in [0.3, 0.4) is 0 Å². The molecule has 124 valence electrons. The number of nitrogens with one attached hydrogen (secondary N) is 1. The van der Waals surface area contributed by atoms with Crippen LogP contribution < -0.4 is 4.90 Å². The lowest BCUT2D eigenvalue weighted by Crippen LogP contribution is -2.31. The second kappa shape index (κ2) is 6.52. The summed E-state index contributed by atoms with van der Waals surface area (Å²) in [5.41, 5.74) is 2.72. The van der Waals surface area contributed by atoms with Gasteiger partial charge in [-0.2, -0.15) is 5.10 Å². The van der Waals surface area contributed by atoms with E-state index in [0.717, 1.165) is 11.1 Å². The lowest BCUT2D eigenvalue weighted by molar-refractivity contribution is -0.121. The second-order valence-electron chi connectivity index (χ2n) is 5.58. The molecule has 2 heterocycles. The molecule has 25 heavy (non-hydrogen) atoms. The third-order valence-electron chi connectivity index (χ3n) is 3.98. The van der Waals surface area contributed by atoms with Gasteiger partial charge in [0.15, 0.2) is 5.16 Å². The third kappa shape index (κ3) is 3.06. The molecular weight excluding hydrogens is 336 g/mol. The Bertz CT molecular complexity index is 895. The molecule has 0 unspecified atom stereocenters. The summed E-state index contributed by atoms with van der Waals surface area (Å²) >= 11 is 1.23. The molecule has 1 fully saturated rings. The normalized spacial score (nSPS) is 17.3. The number of aromatic amines is 1. The lowest BCUT2D eigenvalue weighted by atomic mass is 10.1. The van der Waals surface area contributed by atoms with Crippen molar-refractivity contribution in [1.82, 2.24) is 15.2 Å². The van der Waals surface area contributed by atoms with Crippen LogP contribution in [0.15, 0.2) is 66.1 Å². The van der Waals surface area contributed by atoms with Gasteiger partial charge in [-0.05, 0) is 23.3 Å². The van der Waals surface area contributed by atoms with Gasteiger partial charge in [0, 0.05) is 6.42 Å². The van der Waals surface area contributed by atoms with Crippen molar-refractivity contribution in [3.63, 3.8) is 0 Å². The zero-order chi connectivity index (χ0) is 17.2. The van der Waals surface area contributed by atoms with Crippen LogP contribution in [0.1, 0.15) is 6.42 Å². The molecule has 1 aliphatic heterocycles. The molecule has 1 aliphatic rings. The Morgan fingerprint density at radius 3 is 2.40 bits per heavy atom. The summed E-state index contributed by atoms with van der Waals surface area (Å²) < 4.78 is 0. The van der Waals surface area contributed by atoms with Crippen LogP contribution in [-0.2, 0) is 9.59 Å². The third-order valence-corrected chi connectivity index (χ3v) is 5.06. The Kier molecular flexibility index (Phi) is 4.07. The van der Waals surface area contributed by atoms with Gasteiger partial charge >= 0.3 is 0 Å². The summed E-state index contributed by atoms with van der Waals surface area (Å²) in [4.78, 5) is 30.2. The molecule has 1 aromatic heterocycles. The number of aromatic nitrogens is 3. The number of hydrogen-bond acceptors (Lipinski definition) is 5. The molecule has 2 aromatic carbocycles. The topological polar surface area (TPSA) is 79.0 Å². The molecule has 6 nitrogen and oxygen atoms in total. The smallest absolute Gasteiger partial charge is 0.247 e. The maximum Gasteiger partial charge on any atom is 0.247 e. The number of carbonyl (C=O) groups is 2. The van der Waals surface area contributed by atoms with Crippen molar-refractivity contribution in [1.29, 1.82) is 0 Å². The average Bonchev–Trinajstić information content (AvgIpc) is 3.25. The minimum absolute atomic E-state index is 0.157. The SMILES string of the molecule is O=C1C[C@@H](Sc2ncn[nH]2)C(=O)N1c1ccc(-c2ccccc2)cc1. The first kappa shape index (κ1) is 15.6. The van der Waals surface area contributed by atoms with Gasteiger partial charge in [0.25, 0.3) is 0 Å². The number of carbonyl (C=O) groups excluding carboxylic acids is 2. The van der Waals surface area contributed by atoms with Crippen molar-refractivity contribution < 1.29 is 9.59 Å². The summed E-state index contributed by atoms with van der Waals surface area (Å²) in [6.45, 7) is 0. The molecule has 4 rings (SSSR count). The number of nitrogens with zero attached hydrogens (tertiary/aromatic N) is 3. The van der Waals surface area contributed by atoms with Gasteiger partial charge in [0.2, 0.25) is 11.8 Å². The maximum absolute atomic E-state index is 12.6. The van der Waals surface area contributed by atoms with Gasteiger partial charge in [0.1, 0.15) is 11.6 Å². The Labute approximate surface area is 148 Å². The highest BCUT2D eigenvalue weighted by molar-refractivity contribution is 8.00. The lowest BCUT2D eigenvalue weighted by Gasteiger charge is -2.15. The molecule has 7 heteroatoms. The largest absolute Gasteiger partial charge is 0.274 e. The number of hydrogen-bond donors (Lipinski definition) is 1. The van der Waals surface area contributed by atoms with E-state index in [1.165, 1.54) is 23.0 Å².